The van der Waals surface area contributed by atoms with E-state index < -0.39 is 0 Å². The fraction of sp³-hybridized carbons (Fsp3) is 0.333. The van der Waals surface area contributed by atoms with Gasteiger partial charge in [-0.05, 0) is 86.0 Å². The van der Waals surface area contributed by atoms with Crippen LogP contribution < -0.4 is 15.5 Å². The first-order valence-corrected chi connectivity index (χ1v) is 15.9. The maximum absolute atomic E-state index is 4.68. The maximum atomic E-state index is 4.68. The first kappa shape index (κ1) is 26.4. The molecule has 5 aromatic rings. The predicted octanol–water partition coefficient (Wildman–Crippen LogP) is 7.40. The van der Waals surface area contributed by atoms with Crippen molar-refractivity contribution in [1.29, 1.82) is 0 Å². The molecule has 0 radical (unpaired) electrons. The van der Waals surface area contributed by atoms with Crippen molar-refractivity contribution >= 4 is 5.69 Å². The average Bonchev–Trinajstić information content (AvgIpc) is 3.91. The minimum atomic E-state index is 0.315. The number of imidazole rings is 2. The van der Waals surface area contributed by atoms with E-state index in [-0.39, 0.29) is 0 Å². The van der Waals surface area contributed by atoms with Crippen LogP contribution in [0.5, 0.6) is 0 Å². The number of aromatic amines is 2. The Morgan fingerprint density at radius 3 is 1.49 bits per heavy atom. The van der Waals surface area contributed by atoms with E-state index in [2.05, 4.69) is 114 Å². The lowest BCUT2D eigenvalue weighted by atomic mass is 10.0. The van der Waals surface area contributed by atoms with Crippen molar-refractivity contribution in [2.75, 3.05) is 18.0 Å². The van der Waals surface area contributed by atoms with Crippen molar-refractivity contribution in [3.8, 4) is 22.5 Å². The van der Waals surface area contributed by atoms with Gasteiger partial charge in [0.1, 0.15) is 11.6 Å². The Labute approximate surface area is 253 Å². The summed E-state index contributed by atoms with van der Waals surface area (Å²) in [5.74, 6) is 2.10. The van der Waals surface area contributed by atoms with Crippen LogP contribution in [-0.4, -0.2) is 33.0 Å². The third-order valence-electron chi connectivity index (χ3n) is 9.62. The smallest absolute Gasteiger partial charge is 0.123 e. The van der Waals surface area contributed by atoms with E-state index in [0.29, 0.717) is 24.2 Å². The highest BCUT2D eigenvalue weighted by molar-refractivity contribution is 5.62. The summed E-state index contributed by atoms with van der Waals surface area (Å²) in [5, 5.41) is 7.08. The van der Waals surface area contributed by atoms with Crippen molar-refractivity contribution < 1.29 is 0 Å². The number of para-hydroxylation sites is 1. The first-order valence-electron chi connectivity index (χ1n) is 15.9. The van der Waals surface area contributed by atoms with Gasteiger partial charge in [0.25, 0.3) is 0 Å². The van der Waals surface area contributed by atoms with Gasteiger partial charge >= 0.3 is 0 Å². The monoisotopic (exact) mass is 569 g/mol. The summed E-state index contributed by atoms with van der Waals surface area (Å²) < 4.78 is 0. The van der Waals surface area contributed by atoms with Gasteiger partial charge in [-0.15, -0.1) is 0 Å². The number of benzene rings is 3. The zero-order valence-electron chi connectivity index (χ0n) is 24.5. The minimum absolute atomic E-state index is 0.315. The number of anilines is 1. The van der Waals surface area contributed by atoms with E-state index in [4.69, 9.17) is 0 Å². The number of aromatic nitrogens is 4. The maximum Gasteiger partial charge on any atom is 0.123 e. The molecule has 3 aliphatic heterocycles. The van der Waals surface area contributed by atoms with Gasteiger partial charge in [0, 0.05) is 5.69 Å². The standard InChI is InChI=1S/C36H39N7/c1-2-6-28(7-3-1)43-33(26-14-10-24(11-15-26)31-22-39-35(41-31)29-8-4-20-37-29)18-19-34(43)27-16-12-25(13-17-27)32-23-40-36(42-32)30-9-5-21-38-30/h1-3,6-7,10-17,22-23,29-30,33-34,37-38H,4-5,8-9,18-21H2,(H,39,41)(H,40,42)/t29-,30-,33-,34+/m0/s1. The molecule has 3 aromatic carbocycles. The summed E-state index contributed by atoms with van der Waals surface area (Å²) in [4.78, 5) is 19.1. The van der Waals surface area contributed by atoms with Crippen molar-refractivity contribution in [1.82, 2.24) is 30.6 Å². The molecular formula is C36H39N7. The number of hydrogen-bond acceptors (Lipinski definition) is 5. The van der Waals surface area contributed by atoms with Gasteiger partial charge in [-0.1, -0.05) is 66.7 Å². The van der Waals surface area contributed by atoms with E-state index in [1.54, 1.807) is 0 Å². The van der Waals surface area contributed by atoms with Crippen LogP contribution in [0.2, 0.25) is 0 Å². The van der Waals surface area contributed by atoms with Gasteiger partial charge in [-0.2, -0.15) is 0 Å². The van der Waals surface area contributed by atoms with E-state index in [0.717, 1.165) is 61.8 Å². The second kappa shape index (κ2) is 11.5. The van der Waals surface area contributed by atoms with Gasteiger partial charge < -0.3 is 25.5 Å². The molecule has 3 fully saturated rings. The Bertz CT molecular complexity index is 1540. The van der Waals surface area contributed by atoms with Gasteiger partial charge in [0.2, 0.25) is 0 Å². The average molecular weight is 570 g/mol. The highest BCUT2D eigenvalue weighted by atomic mass is 15.2. The van der Waals surface area contributed by atoms with Crippen LogP contribution in [0.25, 0.3) is 22.5 Å². The number of H-pyrrole nitrogens is 2. The van der Waals surface area contributed by atoms with Crippen molar-refractivity contribution in [2.24, 2.45) is 0 Å². The van der Waals surface area contributed by atoms with E-state index in [1.807, 2.05) is 12.4 Å². The molecule has 7 nitrogen and oxygen atoms in total. The lowest BCUT2D eigenvalue weighted by molar-refractivity contribution is 0.613. The number of rotatable bonds is 7. The van der Waals surface area contributed by atoms with Gasteiger partial charge in [-0.25, -0.2) is 9.97 Å². The van der Waals surface area contributed by atoms with Crippen molar-refractivity contribution in [3.63, 3.8) is 0 Å². The summed E-state index contributed by atoms with van der Waals surface area (Å²) in [6, 6.07) is 30.5. The second-order valence-electron chi connectivity index (χ2n) is 12.3. The lowest BCUT2D eigenvalue weighted by Crippen LogP contribution is -2.26. The molecule has 0 saturated carbocycles. The molecule has 2 aromatic heterocycles. The summed E-state index contributed by atoms with van der Waals surface area (Å²) in [7, 11) is 0. The fourth-order valence-electron chi connectivity index (χ4n) is 7.35. The van der Waals surface area contributed by atoms with Crippen molar-refractivity contribution in [2.45, 2.75) is 62.7 Å². The highest BCUT2D eigenvalue weighted by Crippen LogP contribution is 2.47. The van der Waals surface area contributed by atoms with Crippen LogP contribution in [0.15, 0.2) is 91.3 Å². The molecule has 4 N–H and O–H groups in total. The molecule has 0 spiro atoms. The van der Waals surface area contributed by atoms with Crippen LogP contribution >= 0.6 is 0 Å². The quantitative estimate of drug-likeness (QED) is 0.164. The fourth-order valence-corrected chi connectivity index (χ4v) is 7.35. The van der Waals surface area contributed by atoms with Gasteiger partial charge in [0.15, 0.2) is 0 Å². The summed E-state index contributed by atoms with van der Waals surface area (Å²) in [6.45, 7) is 2.15. The second-order valence-corrected chi connectivity index (χ2v) is 12.3. The summed E-state index contributed by atoms with van der Waals surface area (Å²) >= 11 is 0. The van der Waals surface area contributed by atoms with Crippen molar-refractivity contribution in [3.05, 3.63) is 114 Å². The molecule has 8 rings (SSSR count). The summed E-state index contributed by atoms with van der Waals surface area (Å²) in [6.07, 6.45) is 10.9. The molecule has 0 bridgehead atoms. The Kier molecular flexibility index (Phi) is 7.05. The van der Waals surface area contributed by atoms with E-state index in [9.17, 15) is 0 Å². The molecule has 4 atom stereocenters. The molecule has 0 unspecified atom stereocenters. The molecule has 0 amide bonds. The van der Waals surface area contributed by atoms with Gasteiger partial charge in [-0.3, -0.25) is 0 Å². The Balaban J connectivity index is 1.04. The third-order valence-corrected chi connectivity index (χ3v) is 9.62. The molecule has 5 heterocycles. The summed E-state index contributed by atoms with van der Waals surface area (Å²) in [5.41, 5.74) is 8.52. The lowest BCUT2D eigenvalue weighted by Gasteiger charge is -2.33. The zero-order valence-corrected chi connectivity index (χ0v) is 24.5. The van der Waals surface area contributed by atoms with Crippen LogP contribution in [-0.2, 0) is 0 Å². The molecule has 0 aliphatic carbocycles. The number of hydrogen-bond donors (Lipinski definition) is 4. The van der Waals surface area contributed by atoms with Gasteiger partial charge in [0.05, 0.1) is 47.9 Å². The van der Waals surface area contributed by atoms with Crippen LogP contribution in [0, 0.1) is 0 Å². The first-order chi connectivity index (χ1) is 21.3. The van der Waals surface area contributed by atoms with Crippen LogP contribution in [0.4, 0.5) is 5.69 Å². The molecule has 3 aliphatic rings. The predicted molar refractivity (Wildman–Crippen MR) is 172 cm³/mol. The van der Waals surface area contributed by atoms with E-state index >= 15 is 0 Å². The van der Waals surface area contributed by atoms with E-state index in [1.165, 1.54) is 40.8 Å². The Morgan fingerprint density at radius 2 is 1.05 bits per heavy atom. The third kappa shape index (κ3) is 5.17. The zero-order chi connectivity index (χ0) is 28.6. The largest absolute Gasteiger partial charge is 0.357 e. The number of nitrogens with zero attached hydrogens (tertiary/aromatic N) is 3. The number of nitrogens with one attached hydrogen (secondary N) is 4. The normalized spacial score (nSPS) is 23.8. The Morgan fingerprint density at radius 1 is 0.558 bits per heavy atom. The van der Waals surface area contributed by atoms with Crippen LogP contribution in [0.3, 0.4) is 0 Å². The molecule has 7 heteroatoms. The molecular weight excluding hydrogens is 530 g/mol. The molecule has 3 saturated heterocycles. The minimum Gasteiger partial charge on any atom is -0.357 e. The highest BCUT2D eigenvalue weighted by Gasteiger charge is 2.35. The Hall–Kier alpha value is -4.20. The topological polar surface area (TPSA) is 84.7 Å². The molecule has 43 heavy (non-hydrogen) atoms. The van der Waals surface area contributed by atoms with Crippen LogP contribution in [0.1, 0.15) is 85.5 Å². The SMILES string of the molecule is c1ccc(N2[C@@H](c3ccc(-c4cnc([C@@H]5CCCN5)[nH]4)cc3)CC[C@H]2c2ccc(-c3cnc([C@@H]4CCCN4)[nH]3)cc2)cc1. The molecule has 218 valence electrons.